The molecule has 4 nitrogen and oxygen atoms in total. The van der Waals surface area contributed by atoms with Gasteiger partial charge in [0, 0.05) is 11.3 Å². The average Bonchev–Trinajstić information content (AvgIpc) is 2.85. The van der Waals surface area contributed by atoms with Gasteiger partial charge in [-0.2, -0.15) is 0 Å². The first-order valence-corrected chi connectivity index (χ1v) is 6.82. The third-order valence-corrected chi connectivity index (χ3v) is 3.60. The molecule has 1 aromatic heterocycles. The van der Waals surface area contributed by atoms with Crippen molar-refractivity contribution in [3.05, 3.63) is 36.0 Å². The number of nitrogens with one attached hydrogen (secondary N) is 2. The topological polar surface area (TPSA) is 78.6 Å². The second-order valence-electron chi connectivity index (χ2n) is 3.94. The molecule has 1 heterocycles. The summed E-state index contributed by atoms with van der Waals surface area (Å²) in [6.45, 7) is 2.15. The normalized spacial score (nSPS) is 10.5. The molecular formula is C13H16N4S. The van der Waals surface area contributed by atoms with Crippen molar-refractivity contribution in [1.29, 1.82) is 5.41 Å². The van der Waals surface area contributed by atoms with Gasteiger partial charge in [-0.1, -0.05) is 43.0 Å². The fraction of sp³-hybridized carbons (Fsp3) is 0.231. The number of thioether (sulfide) groups is 1. The lowest BCUT2D eigenvalue weighted by molar-refractivity contribution is 1.04. The van der Waals surface area contributed by atoms with E-state index < -0.39 is 0 Å². The SMILES string of the molecule is CCCSc1ncc(-c2ccc(C(=N)N)cc2)[nH]1. The van der Waals surface area contributed by atoms with E-state index in [1.165, 1.54) is 0 Å². The Morgan fingerprint density at radius 2 is 2.11 bits per heavy atom. The minimum atomic E-state index is 0.0883. The molecule has 0 aliphatic heterocycles. The highest BCUT2D eigenvalue weighted by Crippen LogP contribution is 2.22. The number of imidazole rings is 1. The molecular weight excluding hydrogens is 244 g/mol. The molecule has 0 aliphatic rings. The highest BCUT2D eigenvalue weighted by atomic mass is 32.2. The van der Waals surface area contributed by atoms with Crippen molar-refractivity contribution in [3.8, 4) is 11.3 Å². The van der Waals surface area contributed by atoms with Crippen molar-refractivity contribution >= 4 is 17.6 Å². The summed E-state index contributed by atoms with van der Waals surface area (Å²) < 4.78 is 0. The van der Waals surface area contributed by atoms with Crippen LogP contribution in [0.25, 0.3) is 11.3 Å². The van der Waals surface area contributed by atoms with E-state index in [-0.39, 0.29) is 5.84 Å². The number of aromatic nitrogens is 2. The molecule has 2 rings (SSSR count). The van der Waals surface area contributed by atoms with Crippen LogP contribution in [0.2, 0.25) is 0 Å². The van der Waals surface area contributed by atoms with E-state index in [9.17, 15) is 0 Å². The minimum absolute atomic E-state index is 0.0883. The largest absolute Gasteiger partial charge is 0.384 e. The minimum Gasteiger partial charge on any atom is -0.384 e. The van der Waals surface area contributed by atoms with Crippen LogP contribution in [0.5, 0.6) is 0 Å². The van der Waals surface area contributed by atoms with Gasteiger partial charge < -0.3 is 10.7 Å². The molecule has 0 unspecified atom stereocenters. The number of H-pyrrole nitrogens is 1. The summed E-state index contributed by atoms with van der Waals surface area (Å²) in [6.07, 6.45) is 2.97. The zero-order valence-electron chi connectivity index (χ0n) is 10.2. The van der Waals surface area contributed by atoms with E-state index >= 15 is 0 Å². The first-order chi connectivity index (χ1) is 8.70. The van der Waals surface area contributed by atoms with Gasteiger partial charge in [-0.3, -0.25) is 5.41 Å². The third-order valence-electron chi connectivity index (χ3n) is 2.50. The Kier molecular flexibility index (Phi) is 4.04. The van der Waals surface area contributed by atoms with Crippen LogP contribution in [0.15, 0.2) is 35.6 Å². The molecule has 0 aliphatic carbocycles. The zero-order valence-corrected chi connectivity index (χ0v) is 11.1. The van der Waals surface area contributed by atoms with Gasteiger partial charge in [0.15, 0.2) is 5.16 Å². The summed E-state index contributed by atoms with van der Waals surface area (Å²) in [6, 6.07) is 7.58. The molecule has 18 heavy (non-hydrogen) atoms. The van der Waals surface area contributed by atoms with Crippen molar-refractivity contribution in [2.45, 2.75) is 18.5 Å². The van der Waals surface area contributed by atoms with E-state index in [0.29, 0.717) is 0 Å². The van der Waals surface area contributed by atoms with Crippen molar-refractivity contribution in [2.24, 2.45) is 5.73 Å². The molecule has 94 valence electrons. The first-order valence-electron chi connectivity index (χ1n) is 5.83. The highest BCUT2D eigenvalue weighted by Gasteiger charge is 2.04. The number of hydrogen-bond acceptors (Lipinski definition) is 3. The Balaban J connectivity index is 2.15. The summed E-state index contributed by atoms with van der Waals surface area (Å²) in [4.78, 5) is 7.61. The van der Waals surface area contributed by atoms with E-state index in [2.05, 4.69) is 16.9 Å². The monoisotopic (exact) mass is 260 g/mol. The van der Waals surface area contributed by atoms with Crippen LogP contribution >= 0.6 is 11.8 Å². The number of aromatic amines is 1. The Morgan fingerprint density at radius 3 is 2.72 bits per heavy atom. The van der Waals surface area contributed by atoms with E-state index in [1.807, 2.05) is 30.5 Å². The Bertz CT molecular complexity index is 530. The second kappa shape index (κ2) is 5.73. The summed E-state index contributed by atoms with van der Waals surface area (Å²) in [7, 11) is 0. The van der Waals surface area contributed by atoms with Crippen LogP contribution in [0.1, 0.15) is 18.9 Å². The second-order valence-corrected chi connectivity index (χ2v) is 5.03. The lowest BCUT2D eigenvalue weighted by Crippen LogP contribution is -2.10. The molecule has 0 fully saturated rings. The maximum atomic E-state index is 7.34. The maximum absolute atomic E-state index is 7.34. The number of nitrogens with zero attached hydrogens (tertiary/aromatic N) is 1. The van der Waals surface area contributed by atoms with E-state index in [4.69, 9.17) is 11.1 Å². The number of hydrogen-bond donors (Lipinski definition) is 3. The van der Waals surface area contributed by atoms with Crippen molar-refractivity contribution in [1.82, 2.24) is 9.97 Å². The number of rotatable bonds is 5. The number of benzene rings is 1. The Morgan fingerprint density at radius 1 is 1.39 bits per heavy atom. The molecule has 4 N–H and O–H groups in total. The Labute approximate surface area is 111 Å². The Hall–Kier alpha value is -1.75. The van der Waals surface area contributed by atoms with E-state index in [1.54, 1.807) is 11.8 Å². The molecule has 0 atom stereocenters. The predicted molar refractivity (Wildman–Crippen MR) is 76.1 cm³/mol. The van der Waals surface area contributed by atoms with Gasteiger partial charge in [-0.15, -0.1) is 0 Å². The van der Waals surface area contributed by atoms with Crippen LogP contribution < -0.4 is 5.73 Å². The molecule has 0 radical (unpaired) electrons. The van der Waals surface area contributed by atoms with Crippen LogP contribution in [-0.4, -0.2) is 21.6 Å². The number of amidine groups is 1. The molecule has 0 saturated carbocycles. The fourth-order valence-electron chi connectivity index (χ4n) is 1.55. The quantitative estimate of drug-likeness (QED) is 0.439. The lowest BCUT2D eigenvalue weighted by atomic mass is 10.1. The molecule has 0 bridgehead atoms. The number of nitrogen functional groups attached to an aromatic ring is 1. The summed E-state index contributed by atoms with van der Waals surface area (Å²) in [5.74, 6) is 1.15. The lowest BCUT2D eigenvalue weighted by Gasteiger charge is -2.00. The molecule has 0 spiro atoms. The van der Waals surface area contributed by atoms with Crippen LogP contribution in [0.3, 0.4) is 0 Å². The summed E-state index contributed by atoms with van der Waals surface area (Å²) >= 11 is 1.72. The van der Waals surface area contributed by atoms with Crippen LogP contribution in [0, 0.1) is 5.41 Å². The zero-order chi connectivity index (χ0) is 13.0. The van der Waals surface area contributed by atoms with Gasteiger partial charge >= 0.3 is 0 Å². The van der Waals surface area contributed by atoms with Crippen molar-refractivity contribution in [2.75, 3.05) is 5.75 Å². The van der Waals surface area contributed by atoms with Crippen LogP contribution in [-0.2, 0) is 0 Å². The molecule has 0 saturated heterocycles. The van der Waals surface area contributed by atoms with Gasteiger partial charge in [0.2, 0.25) is 0 Å². The summed E-state index contributed by atoms with van der Waals surface area (Å²) in [5, 5.41) is 8.29. The van der Waals surface area contributed by atoms with Gasteiger partial charge in [-0.05, 0) is 12.0 Å². The first kappa shape index (κ1) is 12.7. The summed E-state index contributed by atoms with van der Waals surface area (Å²) in [5.41, 5.74) is 8.20. The molecule has 1 aromatic carbocycles. The fourth-order valence-corrected chi connectivity index (χ4v) is 2.26. The smallest absolute Gasteiger partial charge is 0.165 e. The van der Waals surface area contributed by atoms with E-state index in [0.717, 1.165) is 34.2 Å². The molecule has 0 amide bonds. The predicted octanol–water partition coefficient (Wildman–Crippen LogP) is 2.86. The maximum Gasteiger partial charge on any atom is 0.165 e. The standard InChI is InChI=1S/C13H16N4S/c1-2-7-18-13-16-8-11(17-13)9-3-5-10(6-4-9)12(14)15/h3-6,8H,2,7H2,1H3,(H3,14,15)(H,16,17). The van der Waals surface area contributed by atoms with Gasteiger partial charge in [0.1, 0.15) is 5.84 Å². The number of nitrogens with two attached hydrogens (primary N) is 1. The van der Waals surface area contributed by atoms with Crippen molar-refractivity contribution < 1.29 is 0 Å². The van der Waals surface area contributed by atoms with Gasteiger partial charge in [-0.25, -0.2) is 4.98 Å². The van der Waals surface area contributed by atoms with Gasteiger partial charge in [0.05, 0.1) is 11.9 Å². The average molecular weight is 260 g/mol. The van der Waals surface area contributed by atoms with Crippen molar-refractivity contribution in [3.63, 3.8) is 0 Å². The van der Waals surface area contributed by atoms with Gasteiger partial charge in [0.25, 0.3) is 0 Å². The molecule has 5 heteroatoms. The highest BCUT2D eigenvalue weighted by molar-refractivity contribution is 7.99. The third kappa shape index (κ3) is 2.92. The van der Waals surface area contributed by atoms with Crippen LogP contribution in [0.4, 0.5) is 0 Å². The molecule has 2 aromatic rings.